The summed E-state index contributed by atoms with van der Waals surface area (Å²) in [7, 11) is 0. The molecule has 5 nitrogen and oxygen atoms in total. The van der Waals surface area contributed by atoms with Crippen molar-refractivity contribution < 1.29 is 23.0 Å². The molecule has 0 spiro atoms. The number of anilines is 1. The molecule has 0 radical (unpaired) electrons. The summed E-state index contributed by atoms with van der Waals surface area (Å²) in [6.07, 6.45) is -1.83. The van der Waals surface area contributed by atoms with E-state index in [4.69, 9.17) is 11.6 Å². The van der Waals surface area contributed by atoms with E-state index in [2.05, 4.69) is 19.8 Å². The number of nitrogens with zero attached hydrogens (tertiary/aromatic N) is 1. The summed E-state index contributed by atoms with van der Waals surface area (Å²) in [4.78, 5) is 18.6. The lowest BCUT2D eigenvalue weighted by Gasteiger charge is -2.15. The van der Waals surface area contributed by atoms with Crippen molar-refractivity contribution in [2.45, 2.75) is 51.7 Å². The number of amides is 1. The summed E-state index contributed by atoms with van der Waals surface area (Å²) >= 11 is 7.66. The summed E-state index contributed by atoms with van der Waals surface area (Å²) in [6, 6.07) is 12.1. The van der Waals surface area contributed by atoms with Crippen LogP contribution in [-0.2, 0) is 16.6 Å². The van der Waals surface area contributed by atoms with Crippen LogP contribution in [-0.4, -0.2) is 17.2 Å². The molecule has 1 aromatic heterocycles. The average molecular weight is 493 g/mol. The van der Waals surface area contributed by atoms with Crippen molar-refractivity contribution >= 4 is 34.0 Å². The molecule has 0 saturated heterocycles. The Morgan fingerprint density at radius 2 is 1.85 bits per heavy atom. The van der Waals surface area contributed by atoms with E-state index in [1.807, 2.05) is 45.0 Å². The van der Waals surface area contributed by atoms with E-state index in [9.17, 15) is 13.6 Å². The second-order valence-electron chi connectivity index (χ2n) is 7.66. The van der Waals surface area contributed by atoms with Crippen LogP contribution in [0.25, 0.3) is 0 Å². The minimum Gasteiger partial charge on any atom is -0.395 e. The number of carbonyl (C=O) groups is 1. The molecule has 1 saturated carbocycles. The van der Waals surface area contributed by atoms with Crippen LogP contribution in [0.15, 0.2) is 42.5 Å². The fourth-order valence-corrected chi connectivity index (χ4v) is 4.88. The topological polar surface area (TPSA) is 60.5 Å². The highest BCUT2D eigenvalue weighted by Gasteiger charge is 2.53. The van der Waals surface area contributed by atoms with Gasteiger partial charge in [-0.2, -0.15) is 0 Å². The van der Waals surface area contributed by atoms with Gasteiger partial charge in [0.1, 0.15) is 0 Å². The summed E-state index contributed by atoms with van der Waals surface area (Å²) < 4.78 is 35.6. The summed E-state index contributed by atoms with van der Waals surface area (Å²) in [6.45, 7) is 5.89. The fraction of sp³-hybridized carbons (Fsp3) is 0.333. The molecule has 1 N–H and O–H groups in total. The minimum atomic E-state index is -3.68. The van der Waals surface area contributed by atoms with Gasteiger partial charge in [-0.05, 0) is 49.1 Å². The molecule has 1 aliphatic heterocycles. The van der Waals surface area contributed by atoms with Gasteiger partial charge in [0.25, 0.3) is 0 Å². The monoisotopic (exact) mass is 492 g/mol. The highest BCUT2D eigenvalue weighted by atomic mass is 35.5. The van der Waals surface area contributed by atoms with E-state index < -0.39 is 11.7 Å². The van der Waals surface area contributed by atoms with Crippen molar-refractivity contribution in [3.8, 4) is 11.5 Å². The van der Waals surface area contributed by atoms with Crippen LogP contribution < -0.4 is 14.8 Å². The summed E-state index contributed by atoms with van der Waals surface area (Å²) in [5.74, 6) is -0.311. The number of aryl methyl sites for hydroxylation is 1. The van der Waals surface area contributed by atoms with Crippen molar-refractivity contribution in [2.75, 3.05) is 5.32 Å². The van der Waals surface area contributed by atoms with Crippen LogP contribution in [0, 0.1) is 6.92 Å². The van der Waals surface area contributed by atoms with Crippen molar-refractivity contribution in [3.05, 3.63) is 69.2 Å². The Bertz CT molecular complexity index is 1190. The number of carbonyl (C=O) groups excluding carboxylic acids is 1. The van der Waals surface area contributed by atoms with Gasteiger partial charge in [0.2, 0.25) is 5.91 Å². The maximum atomic E-state index is 13.3. The molecule has 3 aromatic rings. The molecule has 1 amide bonds. The van der Waals surface area contributed by atoms with Crippen LogP contribution in [0.1, 0.15) is 48.4 Å². The van der Waals surface area contributed by atoms with Gasteiger partial charge in [0, 0.05) is 16.3 Å². The molecule has 1 aliphatic carbocycles. The van der Waals surface area contributed by atoms with Crippen molar-refractivity contribution in [2.24, 2.45) is 0 Å². The van der Waals surface area contributed by atoms with Crippen LogP contribution in [0.2, 0.25) is 5.02 Å². The number of hydrogen-bond acceptors (Lipinski definition) is 5. The molecule has 9 heteroatoms. The van der Waals surface area contributed by atoms with Crippen LogP contribution in [0.5, 0.6) is 11.5 Å². The van der Waals surface area contributed by atoms with Crippen molar-refractivity contribution in [1.29, 1.82) is 0 Å². The molecule has 33 heavy (non-hydrogen) atoms. The van der Waals surface area contributed by atoms with Crippen LogP contribution >= 0.6 is 22.9 Å². The number of nitrogens with one attached hydrogen (secondary N) is 1. The smallest absolute Gasteiger partial charge is 0.395 e. The van der Waals surface area contributed by atoms with Crippen LogP contribution in [0.3, 0.4) is 0 Å². The Morgan fingerprint density at radius 1 is 1.15 bits per heavy atom. The lowest BCUT2D eigenvalue weighted by molar-refractivity contribution is -0.286. The molecule has 174 valence electrons. The predicted molar refractivity (Wildman–Crippen MR) is 125 cm³/mol. The van der Waals surface area contributed by atoms with Gasteiger partial charge in [-0.3, -0.25) is 4.79 Å². The molecule has 0 bridgehead atoms. The van der Waals surface area contributed by atoms with E-state index in [0.29, 0.717) is 35.0 Å². The second kappa shape index (κ2) is 8.91. The molecule has 2 aromatic carbocycles. The highest BCUT2D eigenvalue weighted by Crippen LogP contribution is 2.52. The van der Waals surface area contributed by atoms with Gasteiger partial charge >= 0.3 is 6.29 Å². The second-order valence-corrected chi connectivity index (χ2v) is 9.15. The Hall–Kier alpha value is -2.71. The zero-order valence-electron chi connectivity index (χ0n) is 18.4. The first-order valence-electron chi connectivity index (χ1n) is 10.7. The number of ether oxygens (including phenoxy) is 2. The van der Waals surface area contributed by atoms with E-state index >= 15 is 0 Å². The average Bonchev–Trinajstić information content (AvgIpc) is 3.44. The fourth-order valence-electron chi connectivity index (χ4n) is 3.70. The molecular formula is C24H23ClF2N2O3S. The van der Waals surface area contributed by atoms with Gasteiger partial charge in [-0.15, -0.1) is 20.1 Å². The number of aromatic nitrogens is 1. The summed E-state index contributed by atoms with van der Waals surface area (Å²) in [5.41, 5.74) is 1.66. The maximum absolute atomic E-state index is 13.3. The minimum absolute atomic E-state index is 0.0373. The van der Waals surface area contributed by atoms with Gasteiger partial charge in [-0.25, -0.2) is 4.98 Å². The Morgan fingerprint density at radius 3 is 2.55 bits per heavy atom. The Balaban J connectivity index is 0.00000126. The first-order chi connectivity index (χ1) is 15.8. The zero-order chi connectivity index (χ0) is 23.8. The molecule has 2 aliphatic rings. The number of rotatable bonds is 5. The van der Waals surface area contributed by atoms with E-state index in [0.717, 1.165) is 16.1 Å². The van der Waals surface area contributed by atoms with Gasteiger partial charge in [0.15, 0.2) is 16.6 Å². The molecule has 2 heterocycles. The Labute approximate surface area is 199 Å². The van der Waals surface area contributed by atoms with Crippen LogP contribution in [0.4, 0.5) is 13.9 Å². The van der Waals surface area contributed by atoms with Gasteiger partial charge < -0.3 is 14.8 Å². The number of halogens is 3. The number of fused-ring (bicyclic) bond motifs is 1. The lowest BCUT2D eigenvalue weighted by Crippen LogP contribution is -2.27. The molecule has 1 fully saturated rings. The SMILES string of the molecule is CC.Cc1nc(NC(=O)C2(c3ccc4c(c3)OC(F)(F)O4)CC2)sc1Cc1ccccc1Cl. The zero-order valence-corrected chi connectivity index (χ0v) is 19.9. The third-order valence-electron chi connectivity index (χ3n) is 5.56. The molecular weight excluding hydrogens is 470 g/mol. The Kier molecular flexibility index (Phi) is 6.33. The third-order valence-corrected chi connectivity index (χ3v) is 7.00. The third kappa shape index (κ3) is 4.68. The van der Waals surface area contributed by atoms with E-state index in [-0.39, 0.29) is 17.4 Å². The largest absolute Gasteiger partial charge is 0.586 e. The number of benzene rings is 2. The van der Waals surface area contributed by atoms with Gasteiger partial charge in [-0.1, -0.05) is 49.7 Å². The standard InChI is InChI=1S/C22H17ClF2N2O3S.C2H6/c1-12-18(10-13-4-2-3-5-15(13)23)31-20(26-12)27-19(28)21(8-9-21)14-6-7-16-17(11-14)30-22(24,25)29-16;1-2/h2-7,11H,8-10H2,1H3,(H,26,27,28);1-2H3. The van der Waals surface area contributed by atoms with E-state index in [1.165, 1.54) is 23.5 Å². The predicted octanol–water partition coefficient (Wildman–Crippen LogP) is 6.71. The van der Waals surface area contributed by atoms with E-state index in [1.54, 1.807) is 6.07 Å². The molecule has 5 rings (SSSR count). The first-order valence-corrected chi connectivity index (χ1v) is 11.9. The quantitative estimate of drug-likeness (QED) is 0.430. The number of alkyl halides is 2. The number of hydrogen-bond donors (Lipinski definition) is 1. The maximum Gasteiger partial charge on any atom is 0.586 e. The molecule has 0 atom stereocenters. The molecule has 0 unspecified atom stereocenters. The van der Waals surface area contributed by atoms with Crippen molar-refractivity contribution in [3.63, 3.8) is 0 Å². The normalized spacial score (nSPS) is 16.5. The lowest BCUT2D eigenvalue weighted by atomic mass is 9.94. The first kappa shape index (κ1) is 23.4. The highest BCUT2D eigenvalue weighted by molar-refractivity contribution is 7.15. The number of thiazole rings is 1. The summed E-state index contributed by atoms with van der Waals surface area (Å²) in [5, 5.41) is 4.09. The van der Waals surface area contributed by atoms with Gasteiger partial charge in [0.05, 0.1) is 11.1 Å². The van der Waals surface area contributed by atoms with Crippen molar-refractivity contribution in [1.82, 2.24) is 4.98 Å².